The van der Waals surface area contributed by atoms with Gasteiger partial charge in [0.15, 0.2) is 5.70 Å². The van der Waals surface area contributed by atoms with Crippen molar-refractivity contribution in [3.05, 3.63) is 99.7 Å². The molecule has 0 saturated carbocycles. The summed E-state index contributed by atoms with van der Waals surface area (Å²) in [5.74, 6) is 1.28. The molecule has 0 spiro atoms. The largest absolute Gasteiger partial charge is 0.497 e. The Labute approximate surface area is 182 Å². The lowest BCUT2D eigenvalue weighted by atomic mass is 10.2. The van der Waals surface area contributed by atoms with E-state index in [1.165, 1.54) is 0 Å². The van der Waals surface area contributed by atoms with Gasteiger partial charge >= 0.3 is 5.97 Å². The Kier molecular flexibility index (Phi) is 5.95. The first-order chi connectivity index (χ1) is 14.6. The average molecular weight is 464 g/mol. The first-order valence-electron chi connectivity index (χ1n) is 9.25. The molecule has 0 bridgehead atoms. The second-order valence-electron chi connectivity index (χ2n) is 6.55. The number of cyclic esters (lactones) is 1. The molecule has 1 aliphatic heterocycles. The Balaban J connectivity index is 1.43. The van der Waals surface area contributed by atoms with Crippen molar-refractivity contribution in [2.45, 2.75) is 6.61 Å². The Morgan fingerprint density at radius 3 is 2.27 bits per heavy atom. The number of aliphatic imine (C=N–C) groups is 1. The van der Waals surface area contributed by atoms with E-state index in [-0.39, 0.29) is 11.6 Å². The molecule has 0 amide bonds. The van der Waals surface area contributed by atoms with Crippen LogP contribution in [0.25, 0.3) is 6.08 Å². The van der Waals surface area contributed by atoms with E-state index < -0.39 is 5.97 Å². The molecular formula is C24H18BrNO4. The molecule has 5 nitrogen and oxygen atoms in total. The molecule has 4 rings (SSSR count). The number of carbonyl (C=O) groups excluding carboxylic acids is 1. The van der Waals surface area contributed by atoms with Gasteiger partial charge in [-0.1, -0.05) is 40.2 Å². The van der Waals surface area contributed by atoms with Gasteiger partial charge in [0.2, 0.25) is 5.90 Å². The topological polar surface area (TPSA) is 57.1 Å². The number of methoxy groups -OCH3 is 1. The molecule has 0 aromatic heterocycles. The summed E-state index contributed by atoms with van der Waals surface area (Å²) in [6.07, 6.45) is 1.69. The standard InChI is InChI=1S/C24H18BrNO4/c1-28-20-12-6-18(7-13-20)23-26-22(24(27)30-23)14-16-4-10-21(11-5-16)29-15-17-2-8-19(25)9-3-17/h2-14H,15H2,1H3/b22-14+. The summed E-state index contributed by atoms with van der Waals surface area (Å²) in [7, 11) is 1.60. The van der Waals surface area contributed by atoms with Gasteiger partial charge in [-0.2, -0.15) is 0 Å². The SMILES string of the molecule is COc1ccc(C2=N/C(=C/c3ccc(OCc4ccc(Br)cc4)cc3)C(=O)O2)cc1. The molecule has 3 aromatic carbocycles. The molecule has 0 atom stereocenters. The van der Waals surface area contributed by atoms with Gasteiger partial charge < -0.3 is 14.2 Å². The van der Waals surface area contributed by atoms with Crippen molar-refractivity contribution in [2.75, 3.05) is 7.11 Å². The number of hydrogen-bond donors (Lipinski definition) is 0. The zero-order valence-electron chi connectivity index (χ0n) is 16.2. The van der Waals surface area contributed by atoms with E-state index in [0.29, 0.717) is 12.2 Å². The molecule has 6 heteroatoms. The average Bonchev–Trinajstić information content (AvgIpc) is 3.14. The first kappa shape index (κ1) is 19.9. The molecule has 0 fully saturated rings. The summed E-state index contributed by atoms with van der Waals surface area (Å²) in [5.41, 5.74) is 2.88. The van der Waals surface area contributed by atoms with E-state index in [1.807, 2.05) is 48.5 Å². The lowest BCUT2D eigenvalue weighted by molar-refractivity contribution is -0.129. The highest BCUT2D eigenvalue weighted by atomic mass is 79.9. The summed E-state index contributed by atoms with van der Waals surface area (Å²) in [6, 6.07) is 22.6. The maximum atomic E-state index is 12.2. The first-order valence-corrected chi connectivity index (χ1v) is 10.0. The van der Waals surface area contributed by atoms with Crippen molar-refractivity contribution in [3.63, 3.8) is 0 Å². The maximum absolute atomic E-state index is 12.2. The van der Waals surface area contributed by atoms with Gasteiger partial charge in [-0.25, -0.2) is 9.79 Å². The fourth-order valence-electron chi connectivity index (χ4n) is 2.83. The van der Waals surface area contributed by atoms with Crippen LogP contribution in [0.3, 0.4) is 0 Å². The molecule has 30 heavy (non-hydrogen) atoms. The van der Waals surface area contributed by atoms with Crippen molar-refractivity contribution in [2.24, 2.45) is 4.99 Å². The lowest BCUT2D eigenvalue weighted by Gasteiger charge is -2.06. The zero-order valence-corrected chi connectivity index (χ0v) is 17.8. The van der Waals surface area contributed by atoms with Gasteiger partial charge in [0, 0.05) is 10.0 Å². The monoisotopic (exact) mass is 463 g/mol. The smallest absolute Gasteiger partial charge is 0.363 e. The molecule has 0 saturated heterocycles. The maximum Gasteiger partial charge on any atom is 0.363 e. The van der Waals surface area contributed by atoms with Gasteiger partial charge in [0.1, 0.15) is 18.1 Å². The third kappa shape index (κ3) is 4.78. The minimum absolute atomic E-state index is 0.254. The Hall–Kier alpha value is -3.38. The van der Waals surface area contributed by atoms with Crippen LogP contribution in [0.4, 0.5) is 0 Å². The molecule has 1 aliphatic rings. The van der Waals surface area contributed by atoms with Gasteiger partial charge in [-0.3, -0.25) is 0 Å². The summed E-state index contributed by atoms with van der Waals surface area (Å²) in [4.78, 5) is 16.5. The highest BCUT2D eigenvalue weighted by Crippen LogP contribution is 2.22. The van der Waals surface area contributed by atoms with Gasteiger partial charge in [-0.15, -0.1) is 0 Å². The van der Waals surface area contributed by atoms with Crippen molar-refractivity contribution >= 4 is 33.9 Å². The molecule has 0 aliphatic carbocycles. The number of ether oxygens (including phenoxy) is 3. The quantitative estimate of drug-likeness (QED) is 0.363. The van der Waals surface area contributed by atoms with Gasteiger partial charge in [0.25, 0.3) is 0 Å². The molecule has 0 radical (unpaired) electrons. The van der Waals surface area contributed by atoms with Crippen LogP contribution in [0.2, 0.25) is 0 Å². The third-order valence-electron chi connectivity index (χ3n) is 4.46. The summed E-state index contributed by atoms with van der Waals surface area (Å²) >= 11 is 3.42. The van der Waals surface area contributed by atoms with E-state index in [0.717, 1.165) is 27.1 Å². The van der Waals surface area contributed by atoms with Crippen LogP contribution in [0.1, 0.15) is 16.7 Å². The highest BCUT2D eigenvalue weighted by Gasteiger charge is 2.24. The van der Waals surface area contributed by atoms with Crippen molar-refractivity contribution < 1.29 is 19.0 Å². The molecule has 3 aromatic rings. The minimum Gasteiger partial charge on any atom is -0.497 e. The number of nitrogens with zero attached hydrogens (tertiary/aromatic N) is 1. The predicted molar refractivity (Wildman–Crippen MR) is 119 cm³/mol. The number of esters is 1. The number of halogens is 1. The molecule has 0 N–H and O–H groups in total. The second kappa shape index (κ2) is 8.97. The van der Waals surface area contributed by atoms with Crippen molar-refractivity contribution in [1.82, 2.24) is 0 Å². The van der Waals surface area contributed by atoms with E-state index in [9.17, 15) is 4.79 Å². The van der Waals surface area contributed by atoms with Crippen LogP contribution in [-0.4, -0.2) is 19.0 Å². The lowest BCUT2D eigenvalue weighted by Crippen LogP contribution is -2.05. The van der Waals surface area contributed by atoms with Crippen LogP contribution in [-0.2, 0) is 16.1 Å². The van der Waals surface area contributed by atoms with Crippen LogP contribution in [0, 0.1) is 0 Å². The Bertz CT molecular complexity index is 1100. The van der Waals surface area contributed by atoms with Gasteiger partial charge in [0.05, 0.1) is 7.11 Å². The zero-order chi connectivity index (χ0) is 20.9. The van der Waals surface area contributed by atoms with E-state index in [2.05, 4.69) is 20.9 Å². The fraction of sp³-hybridized carbons (Fsp3) is 0.0833. The molecular weight excluding hydrogens is 446 g/mol. The molecule has 150 valence electrons. The Morgan fingerprint density at radius 1 is 0.933 bits per heavy atom. The number of hydrogen-bond acceptors (Lipinski definition) is 5. The van der Waals surface area contributed by atoms with Gasteiger partial charge in [-0.05, 0) is 65.7 Å². The van der Waals surface area contributed by atoms with E-state index >= 15 is 0 Å². The van der Waals surface area contributed by atoms with Crippen molar-refractivity contribution in [3.8, 4) is 11.5 Å². The normalized spacial score (nSPS) is 14.4. The summed E-state index contributed by atoms with van der Waals surface area (Å²) in [5, 5.41) is 0. The number of carbonyl (C=O) groups is 1. The predicted octanol–water partition coefficient (Wildman–Crippen LogP) is 5.38. The van der Waals surface area contributed by atoms with Crippen LogP contribution < -0.4 is 9.47 Å². The van der Waals surface area contributed by atoms with Crippen LogP contribution in [0.15, 0.2) is 88.0 Å². The minimum atomic E-state index is -0.476. The molecule has 0 unspecified atom stereocenters. The van der Waals surface area contributed by atoms with E-state index in [1.54, 1.807) is 37.5 Å². The summed E-state index contributed by atoms with van der Waals surface area (Å²) in [6.45, 7) is 0.482. The third-order valence-corrected chi connectivity index (χ3v) is 4.99. The summed E-state index contributed by atoms with van der Waals surface area (Å²) < 4.78 is 17.3. The van der Waals surface area contributed by atoms with Crippen LogP contribution in [0.5, 0.6) is 11.5 Å². The van der Waals surface area contributed by atoms with Crippen molar-refractivity contribution in [1.29, 1.82) is 0 Å². The highest BCUT2D eigenvalue weighted by molar-refractivity contribution is 9.10. The van der Waals surface area contributed by atoms with E-state index in [4.69, 9.17) is 14.2 Å². The number of benzene rings is 3. The number of rotatable bonds is 6. The fourth-order valence-corrected chi connectivity index (χ4v) is 3.10. The second-order valence-corrected chi connectivity index (χ2v) is 7.46. The molecule has 1 heterocycles. The Morgan fingerprint density at radius 2 is 1.60 bits per heavy atom. The van der Waals surface area contributed by atoms with Crippen LogP contribution >= 0.6 is 15.9 Å².